The number of halogens is 1. The van der Waals surface area contributed by atoms with Gasteiger partial charge in [0, 0.05) is 30.4 Å². The summed E-state index contributed by atoms with van der Waals surface area (Å²) in [4.78, 5) is 2.43. The molecule has 1 atom stereocenters. The van der Waals surface area contributed by atoms with Gasteiger partial charge in [-0.2, -0.15) is 0 Å². The fourth-order valence-electron chi connectivity index (χ4n) is 2.63. The van der Waals surface area contributed by atoms with Crippen LogP contribution in [-0.2, 0) is 6.42 Å². The van der Waals surface area contributed by atoms with Crippen LogP contribution in [0.1, 0.15) is 37.4 Å². The second kappa shape index (κ2) is 6.44. The van der Waals surface area contributed by atoms with E-state index in [1.165, 1.54) is 35.2 Å². The normalized spacial score (nSPS) is 17.3. The topological polar surface area (TPSA) is 15.3 Å². The fraction of sp³-hybridized carbons (Fsp3) is 0.500. The predicted octanol–water partition coefficient (Wildman–Crippen LogP) is 3.86. The van der Waals surface area contributed by atoms with Crippen molar-refractivity contribution < 1.29 is 0 Å². The number of fused-ring (bicyclic) bond motifs is 1. The second-order valence-electron chi connectivity index (χ2n) is 5.38. The molecule has 0 aromatic heterocycles. The Morgan fingerprint density at radius 1 is 1.53 bits per heavy atom. The van der Waals surface area contributed by atoms with Crippen LogP contribution in [0.3, 0.4) is 0 Å². The van der Waals surface area contributed by atoms with E-state index in [-0.39, 0.29) is 0 Å². The molecule has 1 aliphatic rings. The summed E-state index contributed by atoms with van der Waals surface area (Å²) in [5, 5.41) is 3.30. The van der Waals surface area contributed by atoms with Crippen LogP contribution in [0.5, 0.6) is 0 Å². The molecule has 2 nitrogen and oxygen atoms in total. The molecule has 0 spiro atoms. The van der Waals surface area contributed by atoms with E-state index in [9.17, 15) is 0 Å². The van der Waals surface area contributed by atoms with Crippen LogP contribution < -0.4 is 10.2 Å². The zero-order chi connectivity index (χ0) is 13.8. The Morgan fingerprint density at radius 3 is 3.00 bits per heavy atom. The highest BCUT2D eigenvalue weighted by Crippen LogP contribution is 2.30. The molecular formula is C16H23ClN2. The summed E-state index contributed by atoms with van der Waals surface area (Å²) in [6.07, 6.45) is 2.40. The zero-order valence-corrected chi connectivity index (χ0v) is 12.8. The minimum atomic E-state index is 0.408. The van der Waals surface area contributed by atoms with Crippen molar-refractivity contribution in [3.63, 3.8) is 0 Å². The number of nitrogens with one attached hydrogen (secondary N) is 1. The van der Waals surface area contributed by atoms with Crippen molar-refractivity contribution in [3.8, 4) is 0 Å². The quantitative estimate of drug-likeness (QED) is 0.900. The van der Waals surface area contributed by atoms with Crippen molar-refractivity contribution in [2.45, 2.75) is 32.7 Å². The fourth-order valence-corrected chi connectivity index (χ4v) is 2.70. The van der Waals surface area contributed by atoms with Crippen LogP contribution in [0.2, 0.25) is 0 Å². The molecule has 104 valence electrons. The van der Waals surface area contributed by atoms with Gasteiger partial charge in [0.25, 0.3) is 0 Å². The van der Waals surface area contributed by atoms with Crippen molar-refractivity contribution in [2.24, 2.45) is 0 Å². The highest BCUT2D eigenvalue weighted by atomic mass is 35.5. The van der Waals surface area contributed by atoms with E-state index in [0.29, 0.717) is 6.04 Å². The molecule has 1 aliphatic heterocycles. The summed E-state index contributed by atoms with van der Waals surface area (Å²) in [7, 11) is 2.01. The zero-order valence-electron chi connectivity index (χ0n) is 12.0. The van der Waals surface area contributed by atoms with Crippen LogP contribution in [0.15, 0.2) is 29.3 Å². The maximum atomic E-state index is 5.79. The number of hydrogen-bond acceptors (Lipinski definition) is 2. The van der Waals surface area contributed by atoms with Crippen molar-refractivity contribution in [1.29, 1.82) is 0 Å². The van der Waals surface area contributed by atoms with Crippen molar-refractivity contribution >= 4 is 17.3 Å². The van der Waals surface area contributed by atoms with E-state index in [2.05, 4.69) is 42.3 Å². The van der Waals surface area contributed by atoms with Crippen LogP contribution in [0.4, 0.5) is 5.69 Å². The Kier molecular flexibility index (Phi) is 4.89. The van der Waals surface area contributed by atoms with Crippen molar-refractivity contribution in [2.75, 3.05) is 25.0 Å². The molecule has 0 saturated carbocycles. The lowest BCUT2D eigenvalue weighted by molar-refractivity contribution is 0.647. The van der Waals surface area contributed by atoms with E-state index >= 15 is 0 Å². The third kappa shape index (κ3) is 3.31. The number of benzene rings is 1. The largest absolute Gasteiger partial charge is 0.367 e. The standard InChI is InChI=1S/C16H23ClN2/c1-12(10-17)11-19-8-4-5-15-9-14(13(2)18-3)6-7-16(15)19/h6-7,9-10,13,18H,4-5,8,11H2,1-3H3/b12-10+. The maximum Gasteiger partial charge on any atom is 0.0401 e. The lowest BCUT2D eigenvalue weighted by Crippen LogP contribution is -2.31. The molecule has 0 amide bonds. The Labute approximate surface area is 121 Å². The Bertz CT molecular complexity index is 468. The molecule has 0 aliphatic carbocycles. The molecule has 1 heterocycles. The van der Waals surface area contributed by atoms with Crippen molar-refractivity contribution in [3.05, 3.63) is 40.4 Å². The molecule has 0 bridgehead atoms. The number of aryl methyl sites for hydroxylation is 1. The van der Waals surface area contributed by atoms with Crippen LogP contribution in [0, 0.1) is 0 Å². The van der Waals surface area contributed by atoms with Gasteiger partial charge in [0.15, 0.2) is 0 Å². The van der Waals surface area contributed by atoms with Gasteiger partial charge in [0.1, 0.15) is 0 Å². The second-order valence-corrected chi connectivity index (χ2v) is 5.60. The summed E-state index contributed by atoms with van der Waals surface area (Å²) >= 11 is 5.79. The first kappa shape index (κ1) is 14.4. The monoisotopic (exact) mass is 278 g/mol. The third-order valence-electron chi connectivity index (χ3n) is 3.88. The van der Waals surface area contributed by atoms with E-state index in [0.717, 1.165) is 13.1 Å². The Balaban J connectivity index is 2.25. The highest BCUT2D eigenvalue weighted by molar-refractivity contribution is 6.25. The molecule has 19 heavy (non-hydrogen) atoms. The Morgan fingerprint density at radius 2 is 2.32 bits per heavy atom. The number of hydrogen-bond donors (Lipinski definition) is 1. The summed E-state index contributed by atoms with van der Waals surface area (Å²) in [6.45, 7) is 6.33. The average Bonchev–Trinajstić information content (AvgIpc) is 2.46. The molecule has 3 heteroatoms. The van der Waals surface area contributed by atoms with Crippen LogP contribution in [0.25, 0.3) is 0 Å². The maximum absolute atomic E-state index is 5.79. The van der Waals surface area contributed by atoms with E-state index in [1.807, 2.05) is 7.05 Å². The molecular weight excluding hydrogens is 256 g/mol. The lowest BCUT2D eigenvalue weighted by Gasteiger charge is -2.32. The molecule has 1 aromatic carbocycles. The first-order valence-electron chi connectivity index (χ1n) is 6.96. The van der Waals surface area contributed by atoms with E-state index in [1.54, 1.807) is 5.54 Å². The van der Waals surface area contributed by atoms with Gasteiger partial charge in [-0.15, -0.1) is 0 Å². The average molecular weight is 279 g/mol. The third-order valence-corrected chi connectivity index (χ3v) is 4.25. The Hall–Kier alpha value is -0.990. The summed E-state index contributed by atoms with van der Waals surface area (Å²) in [6, 6.07) is 7.25. The predicted molar refractivity (Wildman–Crippen MR) is 84.1 cm³/mol. The van der Waals surface area contributed by atoms with Gasteiger partial charge >= 0.3 is 0 Å². The molecule has 0 saturated heterocycles. The van der Waals surface area contributed by atoms with E-state index in [4.69, 9.17) is 11.6 Å². The SMILES string of the molecule is CNC(C)c1ccc2c(c1)CCCN2C/C(C)=C/Cl. The van der Waals surface area contributed by atoms with Gasteiger partial charge in [-0.05, 0) is 56.5 Å². The molecule has 0 fully saturated rings. The van der Waals surface area contributed by atoms with Crippen LogP contribution in [-0.4, -0.2) is 20.1 Å². The highest BCUT2D eigenvalue weighted by Gasteiger charge is 2.18. The van der Waals surface area contributed by atoms with Gasteiger partial charge in [-0.1, -0.05) is 23.7 Å². The van der Waals surface area contributed by atoms with Gasteiger partial charge in [-0.3, -0.25) is 0 Å². The molecule has 1 aromatic rings. The number of rotatable bonds is 4. The first-order chi connectivity index (χ1) is 9.15. The summed E-state index contributed by atoms with van der Waals surface area (Å²) in [5.41, 5.74) is 7.10. The van der Waals surface area contributed by atoms with E-state index < -0.39 is 0 Å². The van der Waals surface area contributed by atoms with Crippen LogP contribution >= 0.6 is 11.6 Å². The van der Waals surface area contributed by atoms with Gasteiger partial charge in [-0.25, -0.2) is 0 Å². The smallest absolute Gasteiger partial charge is 0.0401 e. The van der Waals surface area contributed by atoms with Crippen molar-refractivity contribution in [1.82, 2.24) is 5.32 Å². The van der Waals surface area contributed by atoms with Gasteiger partial charge in [0.2, 0.25) is 0 Å². The molecule has 1 N–H and O–H groups in total. The summed E-state index contributed by atoms with van der Waals surface area (Å²) < 4.78 is 0. The molecule has 2 rings (SSSR count). The summed E-state index contributed by atoms with van der Waals surface area (Å²) in [5.74, 6) is 0. The number of nitrogens with zero attached hydrogens (tertiary/aromatic N) is 1. The lowest BCUT2D eigenvalue weighted by atomic mass is 9.96. The molecule has 0 radical (unpaired) electrons. The van der Waals surface area contributed by atoms with Gasteiger partial charge < -0.3 is 10.2 Å². The molecule has 1 unspecified atom stereocenters. The first-order valence-corrected chi connectivity index (χ1v) is 7.40. The minimum absolute atomic E-state index is 0.408. The van der Waals surface area contributed by atoms with Gasteiger partial charge in [0.05, 0.1) is 0 Å². The minimum Gasteiger partial charge on any atom is -0.367 e. The number of anilines is 1.